The Morgan fingerprint density at radius 2 is 1.89 bits per heavy atom. The highest BCUT2D eigenvalue weighted by molar-refractivity contribution is 7.09. The van der Waals surface area contributed by atoms with Gasteiger partial charge in [0.15, 0.2) is 0 Å². The summed E-state index contributed by atoms with van der Waals surface area (Å²) in [5.41, 5.74) is 3.49. The quantitative estimate of drug-likeness (QED) is 0.688. The minimum Gasteiger partial charge on any atom is -0.327 e. The Labute approximate surface area is 167 Å². The molecule has 0 radical (unpaired) electrons. The molecule has 1 fully saturated rings. The summed E-state index contributed by atoms with van der Waals surface area (Å²) >= 11 is 1.60. The molecule has 0 aliphatic carbocycles. The van der Waals surface area contributed by atoms with Gasteiger partial charge >= 0.3 is 11.8 Å². The van der Waals surface area contributed by atoms with Gasteiger partial charge in [0.2, 0.25) is 0 Å². The molecule has 28 heavy (non-hydrogen) atoms. The van der Waals surface area contributed by atoms with Gasteiger partial charge in [-0.15, -0.1) is 11.3 Å². The van der Waals surface area contributed by atoms with Crippen LogP contribution in [-0.4, -0.2) is 33.2 Å². The summed E-state index contributed by atoms with van der Waals surface area (Å²) in [5.74, 6) is -1.11. The monoisotopic (exact) mass is 392 g/mol. The van der Waals surface area contributed by atoms with Crippen molar-refractivity contribution in [3.8, 4) is 11.3 Å². The molecular formula is C21H20N4O2S. The van der Waals surface area contributed by atoms with Crippen molar-refractivity contribution in [1.82, 2.24) is 14.9 Å². The summed E-state index contributed by atoms with van der Waals surface area (Å²) in [5, 5.41) is 5.72. The van der Waals surface area contributed by atoms with E-state index in [2.05, 4.69) is 15.3 Å². The number of nitrogens with zero attached hydrogens (tertiary/aromatic N) is 3. The Morgan fingerprint density at radius 1 is 1.14 bits per heavy atom. The van der Waals surface area contributed by atoms with Crippen LogP contribution in [0.5, 0.6) is 0 Å². The van der Waals surface area contributed by atoms with E-state index < -0.39 is 11.8 Å². The Hall–Kier alpha value is -3.06. The number of aryl methyl sites for hydroxylation is 1. The van der Waals surface area contributed by atoms with Gasteiger partial charge in [-0.1, -0.05) is 12.1 Å². The second-order valence-corrected chi connectivity index (χ2v) is 7.78. The number of likely N-dealkylation sites (tertiary alicyclic amines) is 1. The lowest BCUT2D eigenvalue weighted by Crippen LogP contribution is -2.39. The van der Waals surface area contributed by atoms with Gasteiger partial charge in [-0.25, -0.2) is 4.98 Å². The highest BCUT2D eigenvalue weighted by Gasteiger charge is 2.33. The van der Waals surface area contributed by atoms with E-state index in [-0.39, 0.29) is 6.04 Å². The van der Waals surface area contributed by atoms with E-state index in [0.29, 0.717) is 12.2 Å². The average Bonchev–Trinajstić information content (AvgIpc) is 3.38. The van der Waals surface area contributed by atoms with Crippen LogP contribution in [0, 0.1) is 6.92 Å². The summed E-state index contributed by atoms with van der Waals surface area (Å²) in [4.78, 5) is 35.3. The minimum absolute atomic E-state index is 0.0727. The number of benzene rings is 1. The lowest BCUT2D eigenvalue weighted by Gasteiger charge is -2.24. The van der Waals surface area contributed by atoms with Crippen LogP contribution >= 0.6 is 11.3 Å². The van der Waals surface area contributed by atoms with Crippen molar-refractivity contribution in [2.45, 2.75) is 25.8 Å². The van der Waals surface area contributed by atoms with E-state index in [1.165, 1.54) is 0 Å². The summed E-state index contributed by atoms with van der Waals surface area (Å²) < 4.78 is 0. The molecular weight excluding hydrogens is 372 g/mol. The first-order chi connectivity index (χ1) is 13.6. The molecule has 1 saturated heterocycles. The molecule has 1 N–H and O–H groups in total. The molecule has 0 bridgehead atoms. The van der Waals surface area contributed by atoms with Crippen LogP contribution in [0.3, 0.4) is 0 Å². The maximum Gasteiger partial charge on any atom is 0.313 e. The predicted octanol–water partition coefficient (Wildman–Crippen LogP) is 3.82. The van der Waals surface area contributed by atoms with Gasteiger partial charge in [-0.2, -0.15) is 0 Å². The number of anilines is 1. The molecule has 1 aliphatic rings. The third kappa shape index (κ3) is 3.80. The maximum atomic E-state index is 12.7. The molecule has 3 aromatic rings. The third-order valence-corrected chi connectivity index (χ3v) is 5.63. The van der Waals surface area contributed by atoms with Gasteiger partial charge in [-0.3, -0.25) is 14.6 Å². The fourth-order valence-corrected chi connectivity index (χ4v) is 4.10. The van der Waals surface area contributed by atoms with Crippen LogP contribution in [0.1, 0.15) is 29.5 Å². The molecule has 6 nitrogen and oxygen atoms in total. The summed E-state index contributed by atoms with van der Waals surface area (Å²) in [6, 6.07) is 11.1. The predicted molar refractivity (Wildman–Crippen MR) is 109 cm³/mol. The number of pyridine rings is 1. The SMILES string of the molecule is Cc1nc(-c2ccc(NC(=O)C(=O)N3CCC[C@@H]3c3ccncc3)cc2)cs1. The summed E-state index contributed by atoms with van der Waals surface area (Å²) in [7, 11) is 0. The Bertz CT molecular complexity index is 985. The standard InChI is InChI=1S/C21H20N4O2S/c1-14-23-18(13-28-14)15-4-6-17(7-5-15)24-20(26)21(27)25-12-2-3-19(25)16-8-10-22-11-9-16/h4-11,13,19H,2-3,12H2,1H3,(H,24,26)/t19-/m1/s1. The van der Waals surface area contributed by atoms with E-state index in [1.54, 1.807) is 40.8 Å². The number of rotatable bonds is 3. The van der Waals surface area contributed by atoms with Gasteiger partial charge in [0.1, 0.15) is 0 Å². The van der Waals surface area contributed by atoms with Gasteiger partial charge in [0.05, 0.1) is 16.7 Å². The molecule has 142 valence electrons. The van der Waals surface area contributed by atoms with E-state index >= 15 is 0 Å². The van der Waals surface area contributed by atoms with Crippen molar-refractivity contribution in [3.05, 3.63) is 64.7 Å². The smallest absolute Gasteiger partial charge is 0.313 e. The van der Waals surface area contributed by atoms with Gasteiger partial charge in [-0.05, 0) is 49.6 Å². The maximum absolute atomic E-state index is 12.7. The van der Waals surface area contributed by atoms with Crippen molar-refractivity contribution in [3.63, 3.8) is 0 Å². The third-order valence-electron chi connectivity index (χ3n) is 4.86. The first kappa shape index (κ1) is 18.3. The van der Waals surface area contributed by atoms with Crippen molar-refractivity contribution in [2.24, 2.45) is 0 Å². The molecule has 2 aromatic heterocycles. The lowest BCUT2D eigenvalue weighted by atomic mass is 10.1. The zero-order chi connectivity index (χ0) is 19.5. The first-order valence-electron chi connectivity index (χ1n) is 9.16. The molecule has 1 aromatic carbocycles. The van der Waals surface area contributed by atoms with Crippen LogP contribution in [0.2, 0.25) is 0 Å². The van der Waals surface area contributed by atoms with E-state index in [1.807, 2.05) is 36.6 Å². The molecule has 4 rings (SSSR count). The Balaban J connectivity index is 1.43. The van der Waals surface area contributed by atoms with E-state index in [0.717, 1.165) is 34.7 Å². The van der Waals surface area contributed by atoms with Crippen molar-refractivity contribution in [2.75, 3.05) is 11.9 Å². The second kappa shape index (κ2) is 7.90. The van der Waals surface area contributed by atoms with E-state index in [4.69, 9.17) is 0 Å². The molecule has 7 heteroatoms. The number of thiazole rings is 1. The summed E-state index contributed by atoms with van der Waals surface area (Å²) in [6.07, 6.45) is 5.15. The average molecular weight is 392 g/mol. The number of nitrogens with one attached hydrogen (secondary N) is 1. The first-order valence-corrected chi connectivity index (χ1v) is 10.0. The number of amides is 2. The Morgan fingerprint density at radius 3 is 2.57 bits per heavy atom. The van der Waals surface area contributed by atoms with Gasteiger partial charge in [0, 0.05) is 35.6 Å². The fourth-order valence-electron chi connectivity index (χ4n) is 3.48. The minimum atomic E-state index is -0.613. The van der Waals surface area contributed by atoms with Crippen molar-refractivity contribution < 1.29 is 9.59 Å². The van der Waals surface area contributed by atoms with Crippen molar-refractivity contribution in [1.29, 1.82) is 0 Å². The van der Waals surface area contributed by atoms with Crippen LogP contribution in [0.25, 0.3) is 11.3 Å². The molecule has 1 aliphatic heterocycles. The Kier molecular flexibility index (Phi) is 5.16. The van der Waals surface area contributed by atoms with Gasteiger partial charge < -0.3 is 10.2 Å². The zero-order valence-electron chi connectivity index (χ0n) is 15.5. The van der Waals surface area contributed by atoms with Crippen LogP contribution in [-0.2, 0) is 9.59 Å². The van der Waals surface area contributed by atoms with E-state index in [9.17, 15) is 9.59 Å². The second-order valence-electron chi connectivity index (χ2n) is 6.72. The van der Waals surface area contributed by atoms with Crippen LogP contribution in [0.4, 0.5) is 5.69 Å². The zero-order valence-corrected chi connectivity index (χ0v) is 16.3. The largest absolute Gasteiger partial charge is 0.327 e. The normalized spacial score (nSPS) is 16.2. The number of aromatic nitrogens is 2. The molecule has 2 amide bonds. The topological polar surface area (TPSA) is 75.2 Å². The number of carbonyl (C=O) groups is 2. The van der Waals surface area contributed by atoms with Crippen LogP contribution in [0.15, 0.2) is 54.2 Å². The van der Waals surface area contributed by atoms with Crippen LogP contribution < -0.4 is 5.32 Å². The van der Waals surface area contributed by atoms with Crippen molar-refractivity contribution >= 4 is 28.8 Å². The number of carbonyl (C=O) groups excluding carboxylic acids is 2. The lowest BCUT2D eigenvalue weighted by molar-refractivity contribution is -0.143. The fraction of sp³-hybridized carbons (Fsp3) is 0.238. The number of hydrogen-bond acceptors (Lipinski definition) is 5. The molecule has 0 saturated carbocycles. The molecule has 0 spiro atoms. The molecule has 1 atom stereocenters. The number of hydrogen-bond donors (Lipinski definition) is 1. The highest BCUT2D eigenvalue weighted by Crippen LogP contribution is 2.31. The molecule has 3 heterocycles. The molecule has 0 unspecified atom stereocenters. The highest BCUT2D eigenvalue weighted by atomic mass is 32.1. The summed E-state index contributed by atoms with van der Waals surface area (Å²) in [6.45, 7) is 2.55. The van der Waals surface area contributed by atoms with Gasteiger partial charge in [0.25, 0.3) is 0 Å².